The van der Waals surface area contributed by atoms with Crippen molar-refractivity contribution in [2.45, 2.75) is 52.5 Å². The van der Waals surface area contributed by atoms with Crippen molar-refractivity contribution in [3.05, 3.63) is 58.1 Å². The lowest BCUT2D eigenvalue weighted by Crippen LogP contribution is -2.55. The zero-order chi connectivity index (χ0) is 23.8. The Bertz CT molecular complexity index is 936. The Morgan fingerprint density at radius 1 is 1.18 bits per heavy atom. The number of piperazine rings is 1. The topological polar surface area (TPSA) is 61.7 Å². The number of amides is 1. The molecule has 7 nitrogen and oxygen atoms in total. The van der Waals surface area contributed by atoms with Crippen molar-refractivity contribution in [2.24, 2.45) is 0 Å². The zero-order valence-corrected chi connectivity index (χ0v) is 20.5. The predicted molar refractivity (Wildman–Crippen MR) is 134 cm³/mol. The maximum absolute atomic E-state index is 12.8. The average Bonchev–Trinajstić information content (AvgIpc) is 2.78. The fourth-order valence-corrected chi connectivity index (χ4v) is 4.43. The summed E-state index contributed by atoms with van der Waals surface area (Å²) >= 11 is 0. The summed E-state index contributed by atoms with van der Waals surface area (Å²) in [5, 5.41) is 4.11. The minimum atomic E-state index is -0.151. The van der Waals surface area contributed by atoms with Gasteiger partial charge in [-0.2, -0.15) is 5.10 Å². The largest absolute Gasteiger partial charge is 0.339 e. The van der Waals surface area contributed by atoms with Crippen molar-refractivity contribution >= 4 is 12.1 Å². The highest BCUT2D eigenvalue weighted by Gasteiger charge is 2.30. The maximum Gasteiger partial charge on any atom is 0.271 e. The molecule has 1 saturated carbocycles. The van der Waals surface area contributed by atoms with E-state index in [4.69, 9.17) is 0 Å². The van der Waals surface area contributed by atoms with E-state index in [9.17, 15) is 9.59 Å². The van der Waals surface area contributed by atoms with Crippen molar-refractivity contribution in [3.8, 4) is 0 Å². The average molecular weight is 454 g/mol. The number of rotatable bonds is 5. The molecule has 33 heavy (non-hydrogen) atoms. The van der Waals surface area contributed by atoms with E-state index in [1.54, 1.807) is 18.5 Å². The number of aromatic nitrogens is 2. The molecule has 0 N–H and O–H groups in total. The molecule has 0 unspecified atom stereocenters. The van der Waals surface area contributed by atoms with Gasteiger partial charge in [0.05, 0.1) is 12.7 Å². The molecular formula is C26H39N5O2. The molecule has 3 heterocycles. The highest BCUT2D eigenvalue weighted by Crippen LogP contribution is 2.25. The van der Waals surface area contributed by atoms with E-state index < -0.39 is 0 Å². The minimum Gasteiger partial charge on any atom is -0.339 e. The molecule has 2 saturated heterocycles. The predicted octanol–water partition coefficient (Wildman–Crippen LogP) is 2.93. The number of likely N-dealkylation sites (tertiary alicyclic amines) is 1. The smallest absolute Gasteiger partial charge is 0.271 e. The molecule has 0 spiro atoms. The lowest BCUT2D eigenvalue weighted by Gasteiger charge is -2.43. The van der Waals surface area contributed by atoms with Crippen molar-refractivity contribution in [1.82, 2.24) is 24.5 Å². The molecule has 1 amide bonds. The van der Waals surface area contributed by atoms with Crippen LogP contribution in [-0.2, 0) is 4.79 Å². The van der Waals surface area contributed by atoms with Crippen LogP contribution in [0.25, 0.3) is 6.20 Å². The summed E-state index contributed by atoms with van der Waals surface area (Å²) in [7, 11) is 0. The Morgan fingerprint density at radius 2 is 1.91 bits per heavy atom. The van der Waals surface area contributed by atoms with Gasteiger partial charge in [0.2, 0.25) is 5.91 Å². The van der Waals surface area contributed by atoms with Crippen LogP contribution in [0.3, 0.4) is 0 Å². The van der Waals surface area contributed by atoms with Crippen LogP contribution in [0.1, 0.15) is 45.1 Å². The van der Waals surface area contributed by atoms with Crippen LogP contribution in [0.5, 0.6) is 0 Å². The molecule has 2 aliphatic heterocycles. The van der Waals surface area contributed by atoms with Crippen LogP contribution in [0.4, 0.5) is 0 Å². The van der Waals surface area contributed by atoms with E-state index in [0.717, 1.165) is 61.9 Å². The molecule has 1 aliphatic carbocycles. The molecular weight excluding hydrogens is 414 g/mol. The third kappa shape index (κ3) is 6.74. The van der Waals surface area contributed by atoms with Gasteiger partial charge in [0.25, 0.3) is 5.56 Å². The number of carbonyl (C=O) groups excluding carboxylic acids is 1. The molecule has 3 fully saturated rings. The molecule has 1 aromatic rings. The van der Waals surface area contributed by atoms with Gasteiger partial charge in [-0.3, -0.25) is 19.4 Å². The fourth-order valence-electron chi connectivity index (χ4n) is 4.43. The van der Waals surface area contributed by atoms with Gasteiger partial charge in [0.1, 0.15) is 0 Å². The zero-order valence-electron chi connectivity index (χ0n) is 20.5. The van der Waals surface area contributed by atoms with Gasteiger partial charge in [-0.1, -0.05) is 32.9 Å². The Balaban J connectivity index is 0.00000149. The van der Waals surface area contributed by atoms with E-state index in [0.29, 0.717) is 13.1 Å². The van der Waals surface area contributed by atoms with Gasteiger partial charge in [-0.15, -0.1) is 0 Å². The van der Waals surface area contributed by atoms with Crippen molar-refractivity contribution in [1.29, 1.82) is 0 Å². The molecule has 3 aliphatic rings. The van der Waals surface area contributed by atoms with Gasteiger partial charge < -0.3 is 4.90 Å². The Labute approximate surface area is 198 Å². The monoisotopic (exact) mass is 453 g/mol. The van der Waals surface area contributed by atoms with Crippen LogP contribution in [-0.4, -0.2) is 82.2 Å². The molecule has 4 rings (SSSR count). The molecule has 7 heteroatoms. The van der Waals surface area contributed by atoms with Crippen molar-refractivity contribution in [3.63, 3.8) is 0 Å². The van der Waals surface area contributed by atoms with Gasteiger partial charge in [-0.05, 0) is 49.0 Å². The summed E-state index contributed by atoms with van der Waals surface area (Å²) in [5.74, 6) is 0.228. The van der Waals surface area contributed by atoms with E-state index in [1.165, 1.54) is 23.9 Å². The third-order valence-electron chi connectivity index (χ3n) is 6.68. The second-order valence-electron chi connectivity index (χ2n) is 8.91. The van der Waals surface area contributed by atoms with Crippen LogP contribution in [0, 0.1) is 6.92 Å². The maximum atomic E-state index is 12.8. The Morgan fingerprint density at radius 3 is 2.55 bits per heavy atom. The lowest BCUT2D eigenvalue weighted by atomic mass is 9.91. The van der Waals surface area contributed by atoms with Crippen molar-refractivity contribution < 1.29 is 4.79 Å². The minimum absolute atomic E-state index is 0.151. The Kier molecular flexibility index (Phi) is 9.21. The van der Waals surface area contributed by atoms with E-state index >= 15 is 0 Å². The first-order chi connectivity index (χ1) is 16.0. The number of piperidine rings is 1. The van der Waals surface area contributed by atoms with Crippen LogP contribution in [0.15, 0.2) is 46.9 Å². The van der Waals surface area contributed by atoms with Crippen LogP contribution in [0.2, 0.25) is 0 Å². The van der Waals surface area contributed by atoms with E-state index in [2.05, 4.69) is 21.5 Å². The first-order valence-electron chi connectivity index (χ1n) is 12.3. The highest BCUT2D eigenvalue weighted by molar-refractivity contribution is 5.78. The molecule has 1 aromatic heterocycles. The molecule has 0 atom stereocenters. The summed E-state index contributed by atoms with van der Waals surface area (Å²) in [6.45, 7) is 15.7. The first kappa shape index (κ1) is 25.1. The normalized spacial score (nSPS) is 21.7. The summed E-state index contributed by atoms with van der Waals surface area (Å²) in [4.78, 5) is 31.6. The summed E-state index contributed by atoms with van der Waals surface area (Å²) in [5.41, 5.74) is 2.89. The van der Waals surface area contributed by atoms with Crippen molar-refractivity contribution in [2.75, 3.05) is 45.8 Å². The van der Waals surface area contributed by atoms with E-state index in [-0.39, 0.29) is 11.5 Å². The first-order valence-corrected chi connectivity index (χ1v) is 12.3. The number of aryl methyl sites for hydroxylation is 1. The van der Waals surface area contributed by atoms with Gasteiger partial charge in [-0.25, -0.2) is 4.68 Å². The SMILES string of the molecule is C=C1CCN(CC(=O)N2CCN(C3CCC3)CC2)C/C1=C/C=C/n1ncc(C)cc1=O.CC. The lowest BCUT2D eigenvalue weighted by molar-refractivity contribution is -0.134. The molecule has 180 valence electrons. The summed E-state index contributed by atoms with van der Waals surface area (Å²) in [6.07, 6.45) is 12.0. The van der Waals surface area contributed by atoms with E-state index in [1.807, 2.05) is 37.8 Å². The van der Waals surface area contributed by atoms with Crippen LogP contribution >= 0.6 is 0 Å². The molecule has 0 aromatic carbocycles. The van der Waals surface area contributed by atoms with Gasteiger partial charge in [0.15, 0.2) is 0 Å². The second-order valence-corrected chi connectivity index (χ2v) is 8.91. The van der Waals surface area contributed by atoms with Gasteiger partial charge >= 0.3 is 0 Å². The number of carbonyl (C=O) groups is 1. The number of hydrogen-bond acceptors (Lipinski definition) is 5. The number of nitrogens with zero attached hydrogens (tertiary/aromatic N) is 5. The quantitative estimate of drug-likeness (QED) is 0.686. The standard InChI is InChI=1S/C24H33N5O2.C2H6/c1-19-15-23(30)29(25-16-19)9-4-5-21-17-26(10-8-20(21)2)18-24(31)28-13-11-27(12-14-28)22-6-3-7-22;1-2/h4-5,9,15-16,22H,2-3,6-8,10-14,17-18H2,1H3;1-2H3/b9-4+,21-5-;. The summed E-state index contributed by atoms with van der Waals surface area (Å²) in [6, 6.07) is 2.32. The van der Waals surface area contributed by atoms with Crippen LogP contribution < -0.4 is 5.56 Å². The van der Waals surface area contributed by atoms with Gasteiger partial charge in [0, 0.05) is 57.6 Å². The molecule has 0 bridgehead atoms. The summed E-state index contributed by atoms with van der Waals surface area (Å²) < 4.78 is 1.32. The number of allylic oxidation sites excluding steroid dienone is 2. The second kappa shape index (κ2) is 12.1. The third-order valence-corrected chi connectivity index (χ3v) is 6.68. The Hall–Kier alpha value is -2.51. The fraction of sp³-hybridized carbons (Fsp3) is 0.577. The highest BCUT2D eigenvalue weighted by atomic mass is 16.2. The number of hydrogen-bond donors (Lipinski definition) is 0. The molecule has 0 radical (unpaired) electrons.